The minimum atomic E-state index is -0.864. The molecule has 0 spiro atoms. The maximum absolute atomic E-state index is 14.1. The number of nitrogens with two attached hydrogens (primary N) is 1. The molecule has 1 aliphatic carbocycles. The van der Waals surface area contributed by atoms with Gasteiger partial charge < -0.3 is 45.9 Å². The normalized spacial score (nSPS) is 22.0. The minimum Gasteiger partial charge on any atom is -0.453 e. The molecule has 0 bridgehead atoms. The molecule has 5 aliphatic rings. The number of hydrogen-bond acceptors (Lipinski definition) is 9. The second kappa shape index (κ2) is 16.9. The molecule has 6 N–H and O–H groups in total. The van der Waals surface area contributed by atoms with Crippen LogP contribution in [-0.2, 0) is 31.9 Å². The van der Waals surface area contributed by atoms with E-state index in [4.69, 9.17) is 20.2 Å². The highest BCUT2D eigenvalue weighted by molar-refractivity contribution is 5.91. The molecule has 3 fully saturated rings. The Morgan fingerprint density at radius 1 is 0.839 bits per heavy atom. The molecule has 320 valence electrons. The number of imidazole rings is 1. The number of aromatic amines is 1. The van der Waals surface area contributed by atoms with Gasteiger partial charge in [-0.15, -0.1) is 0 Å². The van der Waals surface area contributed by atoms with Gasteiger partial charge in [-0.2, -0.15) is 0 Å². The van der Waals surface area contributed by atoms with Crippen LogP contribution < -0.4 is 21.7 Å². The minimum absolute atomic E-state index is 0.0356. The summed E-state index contributed by atoms with van der Waals surface area (Å²) in [4.78, 5) is 52.6. The summed E-state index contributed by atoms with van der Waals surface area (Å²) in [5.41, 5.74) is 16.1. The smallest absolute Gasteiger partial charge is 0.407 e. The topological polar surface area (TPSA) is 167 Å². The molecule has 4 aliphatic heterocycles. The lowest BCUT2D eigenvalue weighted by molar-refractivity contribution is -0.136. The predicted octanol–water partition coefficient (Wildman–Crippen LogP) is 6.32. The molecule has 0 saturated carbocycles. The van der Waals surface area contributed by atoms with Gasteiger partial charge in [0, 0.05) is 38.1 Å². The van der Waals surface area contributed by atoms with Gasteiger partial charge in [-0.1, -0.05) is 72.8 Å². The molecular formula is C49H54N8O5. The van der Waals surface area contributed by atoms with Crippen molar-refractivity contribution in [3.63, 3.8) is 0 Å². The average Bonchev–Trinajstić information content (AvgIpc) is 4.17. The Morgan fingerprint density at radius 3 is 2.37 bits per heavy atom. The van der Waals surface area contributed by atoms with Gasteiger partial charge in [0.15, 0.2) is 0 Å². The summed E-state index contributed by atoms with van der Waals surface area (Å²) < 4.78 is 10.4. The third-order valence-corrected chi connectivity index (χ3v) is 13.7. The summed E-state index contributed by atoms with van der Waals surface area (Å²) in [5.74, 6) is 0.840. The Morgan fingerprint density at radius 2 is 1.56 bits per heavy atom. The van der Waals surface area contributed by atoms with Crippen molar-refractivity contribution in [2.75, 3.05) is 33.4 Å². The lowest BCUT2D eigenvalue weighted by Crippen LogP contribution is -2.56. The number of rotatable bonds is 9. The van der Waals surface area contributed by atoms with Gasteiger partial charge in [-0.05, 0) is 108 Å². The Kier molecular flexibility index (Phi) is 10.9. The first-order valence-corrected chi connectivity index (χ1v) is 22.2. The second-order valence-electron chi connectivity index (χ2n) is 17.3. The number of amides is 3. The van der Waals surface area contributed by atoms with E-state index in [9.17, 15) is 14.4 Å². The molecule has 5 heterocycles. The van der Waals surface area contributed by atoms with Crippen molar-refractivity contribution in [1.82, 2.24) is 35.7 Å². The number of likely N-dealkylation sites (tertiary alicyclic amines) is 2. The van der Waals surface area contributed by atoms with Crippen molar-refractivity contribution in [2.24, 2.45) is 11.7 Å². The number of methoxy groups -OCH3 is 1. The molecule has 1 aromatic heterocycles. The van der Waals surface area contributed by atoms with Gasteiger partial charge in [0.2, 0.25) is 5.91 Å². The van der Waals surface area contributed by atoms with Crippen LogP contribution in [0.4, 0.5) is 4.79 Å². The van der Waals surface area contributed by atoms with Crippen LogP contribution in [-0.4, -0.2) is 89.3 Å². The molecule has 3 saturated heterocycles. The Bertz CT molecular complexity index is 2530. The Balaban J connectivity index is 0.822. The highest BCUT2D eigenvalue weighted by Gasteiger charge is 2.41. The highest BCUT2D eigenvalue weighted by Crippen LogP contribution is 2.40. The van der Waals surface area contributed by atoms with Crippen LogP contribution in [0.5, 0.6) is 0 Å². The van der Waals surface area contributed by atoms with Crippen LogP contribution in [0.15, 0.2) is 91.1 Å². The fourth-order valence-electron chi connectivity index (χ4n) is 10.3. The third kappa shape index (κ3) is 7.57. The first kappa shape index (κ1) is 39.9. The Hall–Kier alpha value is -6.18. The zero-order valence-electron chi connectivity index (χ0n) is 35.1. The van der Waals surface area contributed by atoms with Crippen molar-refractivity contribution in [3.05, 3.63) is 119 Å². The molecule has 5 atom stereocenters. The van der Waals surface area contributed by atoms with Gasteiger partial charge in [-0.3, -0.25) is 9.59 Å². The number of hydrogen-bond donors (Lipinski definition) is 5. The molecule has 4 aromatic carbocycles. The largest absolute Gasteiger partial charge is 0.453 e. The molecular weight excluding hydrogens is 781 g/mol. The van der Waals surface area contributed by atoms with Crippen molar-refractivity contribution in [2.45, 2.75) is 81.7 Å². The van der Waals surface area contributed by atoms with Crippen molar-refractivity contribution < 1.29 is 23.9 Å². The van der Waals surface area contributed by atoms with Gasteiger partial charge >= 0.3 is 6.09 Å². The van der Waals surface area contributed by atoms with Crippen LogP contribution >= 0.6 is 0 Å². The van der Waals surface area contributed by atoms with E-state index in [1.165, 1.54) is 12.7 Å². The monoisotopic (exact) mass is 834 g/mol. The predicted molar refractivity (Wildman–Crippen MR) is 237 cm³/mol. The van der Waals surface area contributed by atoms with Crippen LogP contribution in [0.3, 0.4) is 0 Å². The maximum Gasteiger partial charge on any atom is 0.407 e. The number of fused-ring (bicyclic) bond motifs is 4. The van der Waals surface area contributed by atoms with Crippen LogP contribution in [0.25, 0.3) is 38.9 Å². The van der Waals surface area contributed by atoms with Crippen molar-refractivity contribution in [3.8, 4) is 22.4 Å². The van der Waals surface area contributed by atoms with Crippen molar-refractivity contribution >= 4 is 34.4 Å². The molecule has 13 heteroatoms. The fourth-order valence-corrected chi connectivity index (χ4v) is 10.3. The zero-order valence-corrected chi connectivity index (χ0v) is 35.1. The van der Waals surface area contributed by atoms with Crippen LogP contribution in [0, 0.1) is 5.92 Å². The number of nitrogens with zero attached hydrogens (tertiary/aromatic N) is 3. The summed E-state index contributed by atoms with van der Waals surface area (Å²) in [6, 6.07) is 27.7. The molecule has 5 aromatic rings. The number of benzene rings is 4. The van der Waals surface area contributed by atoms with Gasteiger partial charge in [0.05, 0.1) is 42.3 Å². The first-order chi connectivity index (χ1) is 30.3. The number of carbonyl (C=O) groups excluding carboxylic acids is 3. The van der Waals surface area contributed by atoms with E-state index in [0.717, 1.165) is 114 Å². The number of nitrogens with one attached hydrogen (secondary N) is 4. The quantitative estimate of drug-likeness (QED) is 0.114. The average molecular weight is 835 g/mol. The standard InChI is InChI=1S/C49H54N8O5/c1-61-49(60)55-43(30-7-3-2-4-8-30)48(59)57-22-6-10-41(57)46-52-38-18-16-35-26-34(15-17-37(35)44(38)54-46)31-11-12-33-27-36(14-13-32(33)25-31)39-28-51-45(53-39)40-9-5-21-56(40)47(58)42(50)29-19-23-62-24-20-29/h2-4,7-8,11-15,17,25-29,40-43,45,51,53H,5-6,9-10,16,18-24,50H2,1H3,(H,52,54)(H,55,60)/t40-,41-,42-,43+,45?/m0/s1. The van der Waals surface area contributed by atoms with Gasteiger partial charge in [-0.25, -0.2) is 9.78 Å². The lowest BCUT2D eigenvalue weighted by atomic mass is 9.89. The number of aromatic nitrogens is 2. The lowest BCUT2D eigenvalue weighted by Gasteiger charge is -2.35. The summed E-state index contributed by atoms with van der Waals surface area (Å²) in [5, 5.41) is 12.3. The first-order valence-electron chi connectivity index (χ1n) is 22.2. The maximum atomic E-state index is 14.1. The molecule has 1 unspecified atom stereocenters. The van der Waals surface area contributed by atoms with E-state index in [-0.39, 0.29) is 36.0 Å². The van der Waals surface area contributed by atoms with E-state index >= 15 is 0 Å². The summed E-state index contributed by atoms with van der Waals surface area (Å²) in [7, 11) is 1.30. The van der Waals surface area contributed by atoms with Gasteiger partial charge in [0.1, 0.15) is 18.0 Å². The number of H-pyrrole nitrogens is 1. The van der Waals surface area contributed by atoms with Gasteiger partial charge in [0.25, 0.3) is 5.91 Å². The molecule has 10 rings (SSSR count). The number of carbonyl (C=O) groups is 3. The summed E-state index contributed by atoms with van der Waals surface area (Å²) >= 11 is 0. The number of ether oxygens (including phenoxy) is 2. The van der Waals surface area contributed by atoms with Crippen molar-refractivity contribution in [1.29, 1.82) is 0 Å². The van der Waals surface area contributed by atoms with E-state index in [0.29, 0.717) is 25.3 Å². The summed E-state index contributed by atoms with van der Waals surface area (Å²) in [6.45, 7) is 2.67. The van der Waals surface area contributed by atoms with E-state index in [1.54, 1.807) is 0 Å². The number of alkyl carbamates (subject to hydrolysis) is 1. The summed E-state index contributed by atoms with van der Waals surface area (Å²) in [6.07, 6.45) is 8.20. The second-order valence-corrected chi connectivity index (χ2v) is 17.3. The Labute approximate surface area is 361 Å². The molecule has 3 amide bonds. The van der Waals surface area contributed by atoms with E-state index < -0.39 is 18.2 Å². The van der Waals surface area contributed by atoms with Crippen LogP contribution in [0.2, 0.25) is 0 Å². The molecule has 13 nitrogen and oxygen atoms in total. The van der Waals surface area contributed by atoms with Crippen LogP contribution in [0.1, 0.15) is 78.8 Å². The molecule has 62 heavy (non-hydrogen) atoms. The fraction of sp³-hybridized carbons (Fsp3) is 0.388. The van der Waals surface area contributed by atoms with E-state index in [2.05, 4.69) is 75.5 Å². The SMILES string of the molecule is COC(=O)N[C@@H](C(=O)N1CCC[C@H]1c1nc2c([nH]1)-c1ccc(-c3ccc4cc(C5=CNC([C@@H]6CCCN6C(=O)[C@@H](N)C6CCOCC6)N5)ccc4c3)cc1CC2)c1ccccc1. The van der Waals surface area contributed by atoms with E-state index in [1.807, 2.05) is 46.3 Å². The highest BCUT2D eigenvalue weighted by atomic mass is 16.5. The molecule has 0 radical (unpaired) electrons. The zero-order chi connectivity index (χ0) is 42.3. The number of aryl methyl sites for hydroxylation is 2. The third-order valence-electron chi connectivity index (χ3n) is 13.7.